The number of nitrogens with zero attached hydrogens (tertiary/aromatic N) is 1. The highest BCUT2D eigenvalue weighted by molar-refractivity contribution is 5.04. The number of nitrogens with one attached hydrogen (secondary N) is 1. The van der Waals surface area contributed by atoms with Gasteiger partial charge in [0.15, 0.2) is 0 Å². The molecular formula is C12H24N2. The van der Waals surface area contributed by atoms with Crippen LogP contribution in [0.3, 0.4) is 0 Å². The molecule has 14 heavy (non-hydrogen) atoms. The second kappa shape index (κ2) is 3.49. The minimum Gasteiger partial charge on any atom is -0.311 e. The van der Waals surface area contributed by atoms with Gasteiger partial charge in [-0.25, -0.2) is 0 Å². The van der Waals surface area contributed by atoms with E-state index >= 15 is 0 Å². The minimum atomic E-state index is 0.550. The largest absolute Gasteiger partial charge is 0.311 e. The van der Waals surface area contributed by atoms with Crippen LogP contribution in [0.2, 0.25) is 0 Å². The quantitative estimate of drug-likeness (QED) is 0.725. The maximum absolute atomic E-state index is 3.66. The van der Waals surface area contributed by atoms with Crippen molar-refractivity contribution >= 4 is 0 Å². The average molecular weight is 196 g/mol. The maximum atomic E-state index is 3.66. The predicted octanol–water partition coefficient (Wildman–Crippen LogP) is 1.86. The summed E-state index contributed by atoms with van der Waals surface area (Å²) >= 11 is 0. The molecule has 0 aromatic rings. The first kappa shape index (κ1) is 10.4. The first-order valence-electron chi connectivity index (χ1n) is 6.03. The van der Waals surface area contributed by atoms with Crippen molar-refractivity contribution in [2.24, 2.45) is 5.92 Å². The van der Waals surface area contributed by atoms with Crippen molar-refractivity contribution in [3.05, 3.63) is 0 Å². The van der Waals surface area contributed by atoms with E-state index in [-0.39, 0.29) is 0 Å². The molecule has 1 aliphatic carbocycles. The van der Waals surface area contributed by atoms with E-state index in [1.165, 1.54) is 25.9 Å². The molecule has 1 N–H and O–H groups in total. The van der Waals surface area contributed by atoms with E-state index in [2.05, 4.69) is 37.9 Å². The highest BCUT2D eigenvalue weighted by atomic mass is 15.3. The van der Waals surface area contributed by atoms with Crippen molar-refractivity contribution < 1.29 is 0 Å². The second-order valence-corrected chi connectivity index (χ2v) is 5.76. The molecule has 2 aliphatic rings. The van der Waals surface area contributed by atoms with Gasteiger partial charge >= 0.3 is 0 Å². The Morgan fingerprint density at radius 3 is 2.50 bits per heavy atom. The summed E-state index contributed by atoms with van der Waals surface area (Å²) in [5, 5.41) is 3.66. The Labute approximate surface area is 88.1 Å². The molecule has 0 amide bonds. The lowest BCUT2D eigenvalue weighted by molar-refractivity contribution is 0.0734. The molecule has 2 nitrogen and oxygen atoms in total. The molecule has 0 aromatic carbocycles. The molecule has 0 spiro atoms. The van der Waals surface area contributed by atoms with Crippen molar-refractivity contribution in [2.75, 3.05) is 13.1 Å². The predicted molar refractivity (Wildman–Crippen MR) is 60.4 cm³/mol. The summed E-state index contributed by atoms with van der Waals surface area (Å²) in [4.78, 5) is 2.73. The number of rotatable bonds is 2. The van der Waals surface area contributed by atoms with Crippen LogP contribution >= 0.6 is 0 Å². The van der Waals surface area contributed by atoms with Crippen LogP contribution in [0.25, 0.3) is 0 Å². The van der Waals surface area contributed by atoms with E-state index in [0.717, 1.165) is 12.0 Å². The lowest BCUT2D eigenvalue weighted by atomic mass is 9.98. The van der Waals surface area contributed by atoms with Crippen LogP contribution in [-0.4, -0.2) is 35.6 Å². The summed E-state index contributed by atoms with van der Waals surface area (Å²) in [6.45, 7) is 11.8. The topological polar surface area (TPSA) is 15.3 Å². The average Bonchev–Trinajstić information content (AvgIpc) is 2.85. The molecule has 82 valence electrons. The standard InChI is InChI=1S/C12H24N2/c1-9(2)11-8-14(10(3)7-13-11)12(4)5-6-12/h9-11,13H,5-8H2,1-4H3. The zero-order valence-electron chi connectivity index (χ0n) is 10.0. The fourth-order valence-corrected chi connectivity index (χ4v) is 2.56. The first-order chi connectivity index (χ1) is 6.53. The number of piperazine rings is 1. The van der Waals surface area contributed by atoms with Gasteiger partial charge in [0.1, 0.15) is 0 Å². The monoisotopic (exact) mass is 196 g/mol. The molecule has 0 aromatic heterocycles. The third kappa shape index (κ3) is 1.82. The molecule has 1 saturated heterocycles. The lowest BCUT2D eigenvalue weighted by Gasteiger charge is -2.44. The minimum absolute atomic E-state index is 0.550. The van der Waals surface area contributed by atoms with E-state index < -0.39 is 0 Å². The normalized spacial score (nSPS) is 37.5. The number of hydrogen-bond donors (Lipinski definition) is 1. The van der Waals surface area contributed by atoms with Crippen molar-refractivity contribution in [3.63, 3.8) is 0 Å². The van der Waals surface area contributed by atoms with Gasteiger partial charge in [-0.1, -0.05) is 13.8 Å². The fraction of sp³-hybridized carbons (Fsp3) is 1.00. The van der Waals surface area contributed by atoms with Crippen molar-refractivity contribution in [1.29, 1.82) is 0 Å². The van der Waals surface area contributed by atoms with Crippen LogP contribution in [0, 0.1) is 5.92 Å². The molecule has 2 heteroatoms. The van der Waals surface area contributed by atoms with Crippen LogP contribution < -0.4 is 5.32 Å². The van der Waals surface area contributed by atoms with Gasteiger partial charge in [0.2, 0.25) is 0 Å². The highest BCUT2D eigenvalue weighted by Crippen LogP contribution is 2.43. The molecule has 1 aliphatic heterocycles. The second-order valence-electron chi connectivity index (χ2n) is 5.76. The Morgan fingerprint density at radius 2 is 2.00 bits per heavy atom. The van der Waals surface area contributed by atoms with Gasteiger partial charge in [0, 0.05) is 30.7 Å². The van der Waals surface area contributed by atoms with Crippen LogP contribution in [0.5, 0.6) is 0 Å². The summed E-state index contributed by atoms with van der Waals surface area (Å²) in [6, 6.07) is 1.42. The van der Waals surface area contributed by atoms with Crippen LogP contribution in [-0.2, 0) is 0 Å². The van der Waals surface area contributed by atoms with Crippen LogP contribution in [0.1, 0.15) is 40.5 Å². The van der Waals surface area contributed by atoms with E-state index in [1.807, 2.05) is 0 Å². The van der Waals surface area contributed by atoms with Crippen LogP contribution in [0.4, 0.5) is 0 Å². The molecule has 1 saturated carbocycles. The highest BCUT2D eigenvalue weighted by Gasteiger charge is 2.47. The third-order valence-electron chi connectivity index (χ3n) is 4.07. The molecule has 2 unspecified atom stereocenters. The molecule has 2 fully saturated rings. The van der Waals surface area contributed by atoms with Gasteiger partial charge in [-0.15, -0.1) is 0 Å². The van der Waals surface area contributed by atoms with Gasteiger partial charge in [-0.3, -0.25) is 4.90 Å². The van der Waals surface area contributed by atoms with E-state index in [0.29, 0.717) is 11.6 Å². The Kier molecular flexibility index (Phi) is 2.61. The summed E-state index contributed by atoms with van der Waals surface area (Å²) < 4.78 is 0. The fourth-order valence-electron chi connectivity index (χ4n) is 2.56. The summed E-state index contributed by atoms with van der Waals surface area (Å²) in [6.07, 6.45) is 2.81. The molecule has 1 heterocycles. The number of hydrogen-bond acceptors (Lipinski definition) is 2. The summed E-state index contributed by atoms with van der Waals surface area (Å²) in [5.41, 5.74) is 0.550. The maximum Gasteiger partial charge on any atom is 0.0218 e. The van der Waals surface area contributed by atoms with Gasteiger partial charge < -0.3 is 5.32 Å². The summed E-state index contributed by atoms with van der Waals surface area (Å²) in [7, 11) is 0. The Bertz CT molecular complexity index is 208. The Morgan fingerprint density at radius 1 is 1.36 bits per heavy atom. The van der Waals surface area contributed by atoms with E-state index in [9.17, 15) is 0 Å². The van der Waals surface area contributed by atoms with Gasteiger partial charge in [-0.05, 0) is 32.6 Å². The molecule has 0 bridgehead atoms. The van der Waals surface area contributed by atoms with Gasteiger partial charge in [0.05, 0.1) is 0 Å². The Balaban J connectivity index is 2.00. The third-order valence-corrected chi connectivity index (χ3v) is 4.07. The zero-order chi connectivity index (χ0) is 10.3. The van der Waals surface area contributed by atoms with Crippen molar-refractivity contribution in [1.82, 2.24) is 10.2 Å². The smallest absolute Gasteiger partial charge is 0.0218 e. The lowest BCUT2D eigenvalue weighted by Crippen LogP contribution is -2.60. The SMILES string of the molecule is CC(C)C1CN(C2(C)CC2)C(C)CN1. The molecule has 0 radical (unpaired) electrons. The molecular weight excluding hydrogens is 172 g/mol. The van der Waals surface area contributed by atoms with Crippen molar-refractivity contribution in [3.8, 4) is 0 Å². The van der Waals surface area contributed by atoms with E-state index in [4.69, 9.17) is 0 Å². The zero-order valence-corrected chi connectivity index (χ0v) is 10.0. The van der Waals surface area contributed by atoms with Crippen molar-refractivity contribution in [2.45, 2.75) is 58.2 Å². The van der Waals surface area contributed by atoms with E-state index in [1.54, 1.807) is 0 Å². The molecule has 2 rings (SSSR count). The van der Waals surface area contributed by atoms with Crippen LogP contribution in [0.15, 0.2) is 0 Å². The van der Waals surface area contributed by atoms with Gasteiger partial charge in [0.25, 0.3) is 0 Å². The first-order valence-corrected chi connectivity index (χ1v) is 6.03. The Hall–Kier alpha value is -0.0800. The molecule has 2 atom stereocenters. The van der Waals surface area contributed by atoms with Gasteiger partial charge in [-0.2, -0.15) is 0 Å². The summed E-state index contributed by atoms with van der Waals surface area (Å²) in [5.74, 6) is 0.757.